The molecule has 25 heavy (non-hydrogen) atoms. The first-order valence-corrected chi connectivity index (χ1v) is 9.34. The second kappa shape index (κ2) is 8.84. The molecule has 0 radical (unpaired) electrons. The van der Waals surface area contributed by atoms with Gasteiger partial charge in [-0.05, 0) is 31.2 Å². The van der Waals surface area contributed by atoms with Gasteiger partial charge in [0.25, 0.3) is 0 Å². The maximum Gasteiger partial charge on any atom is 0.321 e. The van der Waals surface area contributed by atoms with Crippen LogP contribution in [0.15, 0.2) is 53.4 Å². The van der Waals surface area contributed by atoms with Gasteiger partial charge in [0.15, 0.2) is 0 Å². The van der Waals surface area contributed by atoms with Crippen molar-refractivity contribution in [2.24, 2.45) is 0 Å². The van der Waals surface area contributed by atoms with E-state index in [0.29, 0.717) is 10.8 Å². The lowest BCUT2D eigenvalue weighted by atomic mass is 10.2. The van der Waals surface area contributed by atoms with Crippen molar-refractivity contribution in [3.63, 3.8) is 0 Å². The summed E-state index contributed by atoms with van der Waals surface area (Å²) in [6.45, 7) is 1.49. The summed E-state index contributed by atoms with van der Waals surface area (Å²) in [4.78, 5) is 11.7. The molecule has 0 spiro atoms. The van der Waals surface area contributed by atoms with Crippen molar-refractivity contribution in [3.05, 3.63) is 59.1 Å². The second-order valence-corrected chi connectivity index (χ2v) is 7.31. The highest BCUT2D eigenvalue weighted by atomic mass is 35.5. The number of para-hydroxylation sites is 1. The van der Waals surface area contributed by atoms with E-state index in [1.54, 1.807) is 36.4 Å². The van der Waals surface area contributed by atoms with Crippen molar-refractivity contribution in [2.75, 3.05) is 19.8 Å². The maximum absolute atomic E-state index is 12.0. The monoisotopic (exact) mass is 383 g/mol. The Balaban J connectivity index is 1.73. The molecule has 8 heteroatoms. The van der Waals surface area contributed by atoms with Gasteiger partial charge in [0.2, 0.25) is 10.0 Å². The number of hydrogen-bond donors (Lipinski definition) is 1. The highest BCUT2D eigenvalue weighted by Gasteiger charge is 2.15. The van der Waals surface area contributed by atoms with Crippen LogP contribution in [0.25, 0.3) is 0 Å². The second-order valence-electron chi connectivity index (χ2n) is 5.14. The third kappa shape index (κ3) is 6.04. The summed E-state index contributed by atoms with van der Waals surface area (Å²) in [6.07, 6.45) is 0. The molecule has 0 aromatic heterocycles. The number of halogens is 1. The number of benzene rings is 2. The van der Waals surface area contributed by atoms with Gasteiger partial charge >= 0.3 is 5.97 Å². The van der Waals surface area contributed by atoms with Crippen LogP contribution in [-0.4, -0.2) is 34.1 Å². The minimum atomic E-state index is -3.75. The smallest absolute Gasteiger partial charge is 0.321 e. The van der Waals surface area contributed by atoms with Crippen LogP contribution in [0.2, 0.25) is 5.02 Å². The Morgan fingerprint density at radius 2 is 1.76 bits per heavy atom. The van der Waals surface area contributed by atoms with Crippen LogP contribution in [0.3, 0.4) is 0 Å². The number of carbonyl (C=O) groups excluding carboxylic acids is 1. The van der Waals surface area contributed by atoms with Gasteiger partial charge in [-0.15, -0.1) is 0 Å². The van der Waals surface area contributed by atoms with Crippen molar-refractivity contribution in [3.8, 4) is 5.75 Å². The number of aryl methyl sites for hydroxylation is 1. The number of esters is 1. The zero-order valence-electron chi connectivity index (χ0n) is 13.6. The van der Waals surface area contributed by atoms with E-state index in [2.05, 4.69) is 4.72 Å². The largest absolute Gasteiger partial charge is 0.488 e. The lowest BCUT2D eigenvalue weighted by Gasteiger charge is -2.09. The average Bonchev–Trinajstić information content (AvgIpc) is 2.59. The molecule has 0 bridgehead atoms. The number of carbonyl (C=O) groups is 1. The summed E-state index contributed by atoms with van der Waals surface area (Å²) in [5.74, 6) is -0.210. The van der Waals surface area contributed by atoms with E-state index in [4.69, 9.17) is 21.1 Å². The normalized spacial score (nSPS) is 11.1. The quantitative estimate of drug-likeness (QED) is 0.559. The van der Waals surface area contributed by atoms with Gasteiger partial charge in [-0.3, -0.25) is 4.79 Å². The molecule has 0 unspecified atom stereocenters. The molecule has 1 N–H and O–H groups in total. The minimum absolute atomic E-state index is 0.0175. The van der Waals surface area contributed by atoms with Gasteiger partial charge in [-0.1, -0.05) is 41.4 Å². The Bertz CT molecular complexity index is 821. The Labute approximate surface area is 151 Å². The third-order valence-electron chi connectivity index (χ3n) is 3.18. The molecule has 0 heterocycles. The van der Waals surface area contributed by atoms with Crippen molar-refractivity contribution in [1.29, 1.82) is 0 Å². The molecule has 0 atom stereocenters. The number of sulfonamides is 1. The predicted octanol–water partition coefficient (Wildman–Crippen LogP) is 2.55. The molecule has 0 aliphatic heterocycles. The van der Waals surface area contributed by atoms with Crippen LogP contribution in [0, 0.1) is 6.92 Å². The predicted molar refractivity (Wildman–Crippen MR) is 94.3 cm³/mol. The van der Waals surface area contributed by atoms with Gasteiger partial charge in [0.1, 0.15) is 25.5 Å². The van der Waals surface area contributed by atoms with E-state index in [1.165, 1.54) is 12.1 Å². The summed E-state index contributed by atoms with van der Waals surface area (Å²) in [7, 11) is -3.75. The number of hydrogen-bond acceptors (Lipinski definition) is 5. The molecule has 0 aliphatic carbocycles. The number of ether oxygens (including phenoxy) is 2. The zero-order chi connectivity index (χ0) is 18.3. The average molecular weight is 384 g/mol. The molecule has 2 rings (SSSR count). The first-order valence-electron chi connectivity index (χ1n) is 7.48. The van der Waals surface area contributed by atoms with Crippen LogP contribution in [-0.2, 0) is 19.6 Å². The van der Waals surface area contributed by atoms with E-state index < -0.39 is 22.5 Å². The van der Waals surface area contributed by atoms with E-state index in [-0.39, 0.29) is 18.1 Å². The SMILES string of the molecule is Cc1ccc(S(=O)(=O)NCC(=O)OCCOc2ccccc2Cl)cc1. The highest BCUT2D eigenvalue weighted by molar-refractivity contribution is 7.89. The zero-order valence-corrected chi connectivity index (χ0v) is 15.1. The lowest BCUT2D eigenvalue weighted by Crippen LogP contribution is -2.31. The number of nitrogens with one attached hydrogen (secondary N) is 1. The molecule has 134 valence electrons. The van der Waals surface area contributed by atoms with Crippen molar-refractivity contribution in [2.45, 2.75) is 11.8 Å². The van der Waals surface area contributed by atoms with Gasteiger partial charge in [0.05, 0.1) is 9.92 Å². The van der Waals surface area contributed by atoms with Crippen LogP contribution in [0.5, 0.6) is 5.75 Å². The van der Waals surface area contributed by atoms with Gasteiger partial charge in [0, 0.05) is 0 Å². The third-order valence-corrected chi connectivity index (χ3v) is 4.91. The Hall–Kier alpha value is -2.09. The molecule has 6 nitrogen and oxygen atoms in total. The maximum atomic E-state index is 12.0. The summed E-state index contributed by atoms with van der Waals surface area (Å²) in [5, 5.41) is 0.458. The Morgan fingerprint density at radius 1 is 1.08 bits per heavy atom. The van der Waals surface area contributed by atoms with Gasteiger partial charge in [-0.25, -0.2) is 8.42 Å². The summed E-state index contributed by atoms with van der Waals surface area (Å²) >= 11 is 5.92. The van der Waals surface area contributed by atoms with Crippen LogP contribution in [0.1, 0.15) is 5.56 Å². The van der Waals surface area contributed by atoms with Crippen LogP contribution in [0.4, 0.5) is 0 Å². The van der Waals surface area contributed by atoms with Gasteiger partial charge < -0.3 is 9.47 Å². The fourth-order valence-electron chi connectivity index (χ4n) is 1.87. The van der Waals surface area contributed by atoms with E-state index in [1.807, 2.05) is 6.92 Å². The minimum Gasteiger partial charge on any atom is -0.488 e. The first kappa shape index (κ1) is 19.2. The fraction of sp³-hybridized carbons (Fsp3) is 0.235. The van der Waals surface area contributed by atoms with Crippen LogP contribution >= 0.6 is 11.6 Å². The standard InChI is InChI=1S/C17H18ClNO5S/c1-13-6-8-14(9-7-13)25(21,22)19-12-17(20)24-11-10-23-16-5-3-2-4-15(16)18/h2-9,19H,10-12H2,1H3. The van der Waals surface area contributed by atoms with Crippen molar-refractivity contribution >= 4 is 27.6 Å². The van der Waals surface area contributed by atoms with Gasteiger partial charge in [-0.2, -0.15) is 4.72 Å². The lowest BCUT2D eigenvalue weighted by molar-refractivity contribution is -0.142. The molecule has 2 aromatic carbocycles. The van der Waals surface area contributed by atoms with E-state index in [0.717, 1.165) is 5.56 Å². The fourth-order valence-corrected chi connectivity index (χ4v) is 3.03. The molecule has 2 aromatic rings. The molecular formula is C17H18ClNO5S. The Morgan fingerprint density at radius 3 is 2.44 bits per heavy atom. The molecule has 0 saturated carbocycles. The topological polar surface area (TPSA) is 81.7 Å². The summed E-state index contributed by atoms with van der Waals surface area (Å²) in [5.41, 5.74) is 0.942. The van der Waals surface area contributed by atoms with Crippen molar-refractivity contribution < 1.29 is 22.7 Å². The highest BCUT2D eigenvalue weighted by Crippen LogP contribution is 2.22. The molecule has 0 fully saturated rings. The van der Waals surface area contributed by atoms with Crippen molar-refractivity contribution in [1.82, 2.24) is 4.72 Å². The van der Waals surface area contributed by atoms with E-state index >= 15 is 0 Å². The summed E-state index contributed by atoms with van der Waals surface area (Å²) in [6, 6.07) is 13.2. The molecular weight excluding hydrogens is 366 g/mol. The molecule has 0 saturated heterocycles. The Kier molecular flexibility index (Phi) is 6.81. The first-order chi connectivity index (χ1) is 11.9. The number of rotatable bonds is 8. The molecule has 0 aliphatic rings. The molecule has 0 amide bonds. The van der Waals surface area contributed by atoms with E-state index in [9.17, 15) is 13.2 Å². The summed E-state index contributed by atoms with van der Waals surface area (Å²) < 4.78 is 36.6. The van der Waals surface area contributed by atoms with Crippen LogP contribution < -0.4 is 9.46 Å².